The number of ether oxygens (including phenoxy) is 4. The van der Waals surface area contributed by atoms with Crippen LogP contribution in [0.3, 0.4) is 0 Å². The lowest BCUT2D eigenvalue weighted by Gasteiger charge is -2.15. The third-order valence-corrected chi connectivity index (χ3v) is 5.40. The topological polar surface area (TPSA) is 83.1 Å². The highest BCUT2D eigenvalue weighted by atomic mass is 32.1. The summed E-state index contributed by atoms with van der Waals surface area (Å²) < 4.78 is 21.5. The normalized spacial score (nSPS) is 10.3. The van der Waals surface area contributed by atoms with Crippen LogP contribution in [-0.4, -0.2) is 39.8 Å². The number of esters is 1. The van der Waals surface area contributed by atoms with Gasteiger partial charge in [-0.3, -0.25) is 4.79 Å². The maximum Gasteiger partial charge on any atom is 0.341 e. The maximum atomic E-state index is 12.8. The van der Waals surface area contributed by atoms with Crippen molar-refractivity contribution >= 4 is 28.2 Å². The van der Waals surface area contributed by atoms with Crippen molar-refractivity contribution in [1.29, 1.82) is 0 Å². The number of amides is 1. The molecule has 0 aliphatic heterocycles. The van der Waals surface area contributed by atoms with Gasteiger partial charge in [0.1, 0.15) is 10.6 Å². The van der Waals surface area contributed by atoms with Crippen molar-refractivity contribution in [3.8, 4) is 28.4 Å². The summed E-state index contributed by atoms with van der Waals surface area (Å²) in [5.41, 5.74) is 2.01. The standard InChI is InChI=1S/C23H23NO6S/c1-5-30-23(26)19-16(15-11-17(27-2)20(29-4)18(12-15)28-3)13-31-22(19)24-21(25)14-9-7-6-8-10-14/h6-13H,5H2,1-4H3,(H,24,25). The van der Waals surface area contributed by atoms with Crippen LogP contribution in [0.5, 0.6) is 17.2 Å². The highest BCUT2D eigenvalue weighted by Crippen LogP contribution is 2.44. The molecule has 0 radical (unpaired) electrons. The van der Waals surface area contributed by atoms with Crippen molar-refractivity contribution in [2.75, 3.05) is 33.3 Å². The van der Waals surface area contributed by atoms with E-state index < -0.39 is 5.97 Å². The Morgan fingerprint density at radius 3 is 2.16 bits per heavy atom. The van der Waals surface area contributed by atoms with Crippen LogP contribution in [0.15, 0.2) is 47.8 Å². The molecule has 31 heavy (non-hydrogen) atoms. The predicted octanol–water partition coefficient (Wildman–Crippen LogP) is 4.87. The summed E-state index contributed by atoms with van der Waals surface area (Å²) in [4.78, 5) is 25.5. The minimum atomic E-state index is -0.532. The Labute approximate surface area is 184 Å². The summed E-state index contributed by atoms with van der Waals surface area (Å²) in [5.74, 6) is 0.500. The summed E-state index contributed by atoms with van der Waals surface area (Å²) in [6.45, 7) is 1.93. The van der Waals surface area contributed by atoms with Gasteiger partial charge in [-0.15, -0.1) is 11.3 Å². The monoisotopic (exact) mass is 441 g/mol. The smallest absolute Gasteiger partial charge is 0.341 e. The van der Waals surface area contributed by atoms with E-state index >= 15 is 0 Å². The molecule has 3 rings (SSSR count). The van der Waals surface area contributed by atoms with Gasteiger partial charge < -0.3 is 24.3 Å². The zero-order chi connectivity index (χ0) is 22.4. The Balaban J connectivity index is 2.09. The fraction of sp³-hybridized carbons (Fsp3) is 0.217. The maximum absolute atomic E-state index is 12.8. The van der Waals surface area contributed by atoms with Crippen molar-refractivity contribution in [2.24, 2.45) is 0 Å². The lowest BCUT2D eigenvalue weighted by atomic mass is 10.0. The molecule has 1 amide bonds. The molecule has 0 fully saturated rings. The third kappa shape index (κ3) is 4.64. The van der Waals surface area contributed by atoms with E-state index in [1.165, 1.54) is 32.7 Å². The molecule has 3 aromatic rings. The first kappa shape index (κ1) is 22.2. The minimum absolute atomic E-state index is 0.204. The lowest BCUT2D eigenvalue weighted by Crippen LogP contribution is -2.14. The number of hydrogen-bond acceptors (Lipinski definition) is 7. The zero-order valence-electron chi connectivity index (χ0n) is 17.7. The molecule has 2 aromatic carbocycles. The van der Waals surface area contributed by atoms with Crippen LogP contribution in [0.4, 0.5) is 5.00 Å². The Bertz CT molecular complexity index is 1050. The quantitative estimate of drug-likeness (QED) is 0.502. The number of rotatable bonds is 8. The van der Waals surface area contributed by atoms with Gasteiger partial charge in [-0.1, -0.05) is 18.2 Å². The molecule has 0 saturated heterocycles. The van der Waals surface area contributed by atoms with E-state index in [1.807, 2.05) is 6.07 Å². The largest absolute Gasteiger partial charge is 0.493 e. The highest BCUT2D eigenvalue weighted by Gasteiger charge is 2.25. The average molecular weight is 442 g/mol. The zero-order valence-corrected chi connectivity index (χ0v) is 18.5. The Kier molecular flexibility index (Phi) is 7.15. The van der Waals surface area contributed by atoms with Gasteiger partial charge >= 0.3 is 5.97 Å². The Morgan fingerprint density at radius 1 is 0.968 bits per heavy atom. The first-order chi connectivity index (χ1) is 15.0. The molecule has 0 unspecified atom stereocenters. The second-order valence-electron chi connectivity index (χ2n) is 6.31. The highest BCUT2D eigenvalue weighted by molar-refractivity contribution is 7.15. The summed E-state index contributed by atoms with van der Waals surface area (Å²) in [6, 6.07) is 12.3. The van der Waals surface area contributed by atoms with Crippen LogP contribution in [0, 0.1) is 0 Å². The minimum Gasteiger partial charge on any atom is -0.493 e. The molecule has 162 valence electrons. The lowest BCUT2D eigenvalue weighted by molar-refractivity contribution is 0.0529. The molecule has 1 aromatic heterocycles. The van der Waals surface area contributed by atoms with Crippen molar-refractivity contribution < 1.29 is 28.5 Å². The summed E-state index contributed by atoms with van der Waals surface area (Å²) in [7, 11) is 4.56. The molecule has 1 heterocycles. The molecular formula is C23H23NO6S. The predicted molar refractivity (Wildman–Crippen MR) is 120 cm³/mol. The van der Waals surface area contributed by atoms with Crippen LogP contribution in [0.2, 0.25) is 0 Å². The Morgan fingerprint density at radius 2 is 1.61 bits per heavy atom. The average Bonchev–Trinajstić information content (AvgIpc) is 3.22. The summed E-state index contributed by atoms with van der Waals surface area (Å²) >= 11 is 1.24. The molecule has 0 aliphatic carbocycles. The molecule has 0 spiro atoms. The molecule has 7 nitrogen and oxygen atoms in total. The van der Waals surface area contributed by atoms with Gasteiger partial charge in [0.05, 0.1) is 27.9 Å². The number of thiophene rings is 1. The summed E-state index contributed by atoms with van der Waals surface area (Å²) in [6.07, 6.45) is 0. The van der Waals surface area contributed by atoms with E-state index in [0.717, 1.165) is 0 Å². The second kappa shape index (κ2) is 9.99. The first-order valence-corrected chi connectivity index (χ1v) is 10.4. The Hall–Kier alpha value is -3.52. The number of methoxy groups -OCH3 is 3. The summed E-state index contributed by atoms with van der Waals surface area (Å²) in [5, 5.41) is 5.01. The fourth-order valence-corrected chi connectivity index (χ4v) is 4.02. The molecule has 0 aliphatic rings. The number of nitrogens with one attached hydrogen (secondary N) is 1. The third-order valence-electron chi connectivity index (χ3n) is 4.51. The fourth-order valence-electron chi connectivity index (χ4n) is 3.07. The van der Waals surface area contributed by atoms with E-state index in [0.29, 0.717) is 38.9 Å². The van der Waals surface area contributed by atoms with Crippen LogP contribution in [0.1, 0.15) is 27.6 Å². The molecule has 0 saturated carbocycles. The van der Waals surface area contributed by atoms with E-state index in [4.69, 9.17) is 18.9 Å². The van der Waals surface area contributed by atoms with Gasteiger partial charge in [-0.05, 0) is 36.8 Å². The molecular weight excluding hydrogens is 418 g/mol. The van der Waals surface area contributed by atoms with E-state index in [2.05, 4.69) is 5.32 Å². The van der Waals surface area contributed by atoms with E-state index in [-0.39, 0.29) is 18.1 Å². The molecule has 0 atom stereocenters. The molecule has 1 N–H and O–H groups in total. The number of anilines is 1. The van der Waals surface area contributed by atoms with Crippen LogP contribution >= 0.6 is 11.3 Å². The van der Waals surface area contributed by atoms with Crippen molar-refractivity contribution in [1.82, 2.24) is 0 Å². The van der Waals surface area contributed by atoms with Gasteiger partial charge in [0.25, 0.3) is 5.91 Å². The number of carbonyl (C=O) groups is 2. The number of benzene rings is 2. The van der Waals surface area contributed by atoms with Gasteiger partial charge in [0, 0.05) is 16.5 Å². The number of carbonyl (C=O) groups excluding carboxylic acids is 2. The van der Waals surface area contributed by atoms with Crippen LogP contribution in [0.25, 0.3) is 11.1 Å². The van der Waals surface area contributed by atoms with E-state index in [9.17, 15) is 9.59 Å². The van der Waals surface area contributed by atoms with Crippen molar-refractivity contribution in [2.45, 2.75) is 6.92 Å². The molecule has 8 heteroatoms. The van der Waals surface area contributed by atoms with Gasteiger partial charge in [-0.25, -0.2) is 4.79 Å². The van der Waals surface area contributed by atoms with E-state index in [1.54, 1.807) is 48.7 Å². The van der Waals surface area contributed by atoms with Crippen molar-refractivity contribution in [3.05, 3.63) is 59.0 Å². The van der Waals surface area contributed by atoms with Crippen LogP contribution < -0.4 is 19.5 Å². The van der Waals surface area contributed by atoms with Gasteiger partial charge in [0.15, 0.2) is 11.5 Å². The SMILES string of the molecule is CCOC(=O)c1c(-c2cc(OC)c(OC)c(OC)c2)csc1NC(=O)c1ccccc1. The van der Waals surface area contributed by atoms with Crippen LogP contribution in [-0.2, 0) is 4.74 Å². The van der Waals surface area contributed by atoms with Gasteiger partial charge in [-0.2, -0.15) is 0 Å². The second-order valence-corrected chi connectivity index (χ2v) is 7.19. The van der Waals surface area contributed by atoms with Crippen molar-refractivity contribution in [3.63, 3.8) is 0 Å². The molecule has 0 bridgehead atoms. The van der Waals surface area contributed by atoms with Gasteiger partial charge in [0.2, 0.25) is 5.75 Å². The number of hydrogen-bond donors (Lipinski definition) is 1. The first-order valence-electron chi connectivity index (χ1n) is 9.49.